The quantitative estimate of drug-likeness (QED) is 0.264. The zero-order valence-corrected chi connectivity index (χ0v) is 15.8. The van der Waals surface area contributed by atoms with E-state index < -0.39 is 20.9 Å². The minimum atomic E-state index is -3.87. The number of hydrogen-bond donors (Lipinski definition) is 3. The van der Waals surface area contributed by atoms with Crippen LogP contribution in [0, 0.1) is 21.4 Å². The summed E-state index contributed by atoms with van der Waals surface area (Å²) in [5, 5.41) is 30.2. The Kier molecular flexibility index (Phi) is 6.50. The van der Waals surface area contributed by atoms with Crippen molar-refractivity contribution in [1.29, 1.82) is 5.26 Å². The maximum atomic E-state index is 12.3. The number of hydrogen-bond acceptors (Lipinski definition) is 8. The Morgan fingerprint density at radius 3 is 2.45 bits per heavy atom. The van der Waals surface area contributed by atoms with E-state index in [0.29, 0.717) is 0 Å². The number of carbonyl (C=O) groups is 1. The van der Waals surface area contributed by atoms with E-state index in [-0.39, 0.29) is 33.3 Å². The fraction of sp³-hybridized carbons (Fsp3) is 0.0588. The summed E-state index contributed by atoms with van der Waals surface area (Å²) < 4.78 is 27.6. The van der Waals surface area contributed by atoms with Gasteiger partial charge in [0.1, 0.15) is 17.4 Å². The smallest absolute Gasteiger partial charge is 0.271 e. The summed E-state index contributed by atoms with van der Waals surface area (Å²) >= 11 is 0. The molecule has 0 heterocycles. The van der Waals surface area contributed by atoms with Crippen LogP contribution in [-0.4, -0.2) is 26.4 Å². The van der Waals surface area contributed by atoms with Crippen LogP contribution in [0.2, 0.25) is 0 Å². The van der Waals surface area contributed by atoms with E-state index >= 15 is 0 Å². The second-order valence-electron chi connectivity index (χ2n) is 5.48. The number of nitriles is 1. The van der Waals surface area contributed by atoms with Crippen molar-refractivity contribution in [3.05, 3.63) is 64.4 Å². The molecule has 0 spiro atoms. The molecule has 12 heteroatoms. The fourth-order valence-electron chi connectivity index (χ4n) is 2.15. The van der Waals surface area contributed by atoms with Crippen molar-refractivity contribution in [2.75, 3.05) is 17.7 Å². The summed E-state index contributed by atoms with van der Waals surface area (Å²) in [5.41, 5.74) is -0.134. The Morgan fingerprint density at radius 2 is 1.93 bits per heavy atom. The average molecular weight is 417 g/mol. The lowest BCUT2D eigenvalue weighted by molar-refractivity contribution is -0.384. The van der Waals surface area contributed by atoms with Crippen LogP contribution in [0.15, 0.2) is 59.1 Å². The number of anilines is 2. The maximum absolute atomic E-state index is 12.3. The zero-order chi connectivity index (χ0) is 21.6. The van der Waals surface area contributed by atoms with Crippen molar-refractivity contribution >= 4 is 33.0 Å². The molecule has 2 aromatic carbocycles. The van der Waals surface area contributed by atoms with Crippen molar-refractivity contribution in [2.45, 2.75) is 4.90 Å². The van der Waals surface area contributed by atoms with Crippen molar-refractivity contribution in [3.63, 3.8) is 0 Å². The number of ether oxygens (including phenoxy) is 1. The number of carbonyl (C=O) groups excluding carboxylic acids is 1. The van der Waals surface area contributed by atoms with Gasteiger partial charge in [-0.3, -0.25) is 14.9 Å². The highest BCUT2D eigenvalue weighted by Crippen LogP contribution is 2.29. The van der Waals surface area contributed by atoms with Gasteiger partial charge in [-0.05, 0) is 30.3 Å². The van der Waals surface area contributed by atoms with Gasteiger partial charge in [0.05, 0.1) is 22.6 Å². The van der Waals surface area contributed by atoms with Gasteiger partial charge in [-0.15, -0.1) is 0 Å². The van der Waals surface area contributed by atoms with Crippen molar-refractivity contribution in [3.8, 4) is 11.8 Å². The lowest BCUT2D eigenvalue weighted by Gasteiger charge is -2.09. The van der Waals surface area contributed by atoms with Crippen LogP contribution in [0.25, 0.3) is 0 Å². The second-order valence-corrected chi connectivity index (χ2v) is 7.04. The first-order valence-corrected chi connectivity index (χ1v) is 9.34. The Morgan fingerprint density at radius 1 is 1.28 bits per heavy atom. The molecule has 0 aliphatic carbocycles. The first-order chi connectivity index (χ1) is 13.7. The maximum Gasteiger partial charge on any atom is 0.271 e. The van der Waals surface area contributed by atoms with Gasteiger partial charge in [-0.2, -0.15) is 5.26 Å². The number of rotatable bonds is 7. The van der Waals surface area contributed by atoms with Crippen LogP contribution in [0.5, 0.6) is 5.75 Å². The summed E-state index contributed by atoms with van der Waals surface area (Å²) in [5.74, 6) is -0.518. The normalized spacial score (nSPS) is 11.3. The number of non-ortho nitro benzene ring substituents is 1. The lowest BCUT2D eigenvalue weighted by atomic mass is 10.2. The largest absolute Gasteiger partial charge is 0.495 e. The molecule has 2 aromatic rings. The van der Waals surface area contributed by atoms with E-state index in [1.165, 1.54) is 49.6 Å². The van der Waals surface area contributed by atoms with E-state index in [0.717, 1.165) is 6.20 Å². The minimum Gasteiger partial charge on any atom is -0.495 e. The predicted octanol–water partition coefficient (Wildman–Crippen LogP) is 1.71. The van der Waals surface area contributed by atoms with Gasteiger partial charge in [0, 0.05) is 24.0 Å². The number of nitro benzene ring substituents is 1. The van der Waals surface area contributed by atoms with Crippen molar-refractivity contribution in [2.24, 2.45) is 5.14 Å². The van der Waals surface area contributed by atoms with Crippen LogP contribution in [0.4, 0.5) is 17.1 Å². The van der Waals surface area contributed by atoms with Gasteiger partial charge in [0.15, 0.2) is 0 Å². The first-order valence-electron chi connectivity index (χ1n) is 7.79. The van der Waals surface area contributed by atoms with Crippen molar-refractivity contribution in [1.82, 2.24) is 0 Å². The SMILES string of the molecule is COc1ccc([N+](=O)[O-])cc1N/C=C(/C#N)C(=O)Nc1ccc(S(N)(=O)=O)cc1. The Hall–Kier alpha value is -3.95. The molecule has 0 fully saturated rings. The second kappa shape index (κ2) is 8.83. The number of nitrogens with two attached hydrogens (primary N) is 1. The summed E-state index contributed by atoms with van der Waals surface area (Å²) in [6.07, 6.45) is 1.07. The molecule has 0 unspecified atom stereocenters. The summed E-state index contributed by atoms with van der Waals surface area (Å²) in [6.45, 7) is 0. The highest BCUT2D eigenvalue weighted by molar-refractivity contribution is 7.89. The third-order valence-electron chi connectivity index (χ3n) is 3.57. The van der Waals surface area contributed by atoms with Crippen LogP contribution < -0.4 is 20.5 Å². The number of benzene rings is 2. The summed E-state index contributed by atoms with van der Waals surface area (Å²) in [4.78, 5) is 22.4. The van der Waals surface area contributed by atoms with Crippen molar-refractivity contribution < 1.29 is 22.9 Å². The van der Waals surface area contributed by atoms with Gasteiger partial charge in [0.25, 0.3) is 11.6 Å². The third kappa shape index (κ3) is 5.51. The number of amides is 1. The fourth-order valence-corrected chi connectivity index (χ4v) is 2.66. The van der Waals surface area contributed by atoms with Gasteiger partial charge < -0.3 is 15.4 Å². The van der Waals surface area contributed by atoms with Gasteiger partial charge >= 0.3 is 0 Å². The number of sulfonamides is 1. The molecule has 11 nitrogen and oxygen atoms in total. The van der Waals surface area contributed by atoms with Crippen LogP contribution >= 0.6 is 0 Å². The van der Waals surface area contributed by atoms with E-state index in [1.807, 2.05) is 0 Å². The van der Waals surface area contributed by atoms with Crippen LogP contribution in [0.3, 0.4) is 0 Å². The molecule has 0 saturated carbocycles. The van der Waals surface area contributed by atoms with E-state index in [2.05, 4.69) is 10.6 Å². The molecule has 150 valence electrons. The number of nitrogens with zero attached hydrogens (tertiary/aromatic N) is 2. The third-order valence-corrected chi connectivity index (χ3v) is 4.50. The first kappa shape index (κ1) is 21.4. The molecule has 0 atom stereocenters. The standard InChI is InChI=1S/C17H15N5O6S/c1-28-16-7-4-13(22(24)25)8-15(16)20-10-11(9-18)17(23)21-12-2-5-14(6-3-12)29(19,26)27/h2-8,10,20H,1H3,(H,21,23)(H2,19,26,27)/b11-10-. The molecule has 1 amide bonds. The molecule has 0 aliphatic rings. The molecular weight excluding hydrogens is 402 g/mol. The molecule has 0 radical (unpaired) electrons. The minimum absolute atomic E-state index is 0.133. The molecule has 0 aromatic heterocycles. The number of nitro groups is 1. The molecule has 0 aliphatic heterocycles. The Bertz CT molecular complexity index is 1120. The summed E-state index contributed by atoms with van der Waals surface area (Å²) in [6, 6.07) is 10.5. The zero-order valence-electron chi connectivity index (χ0n) is 14.9. The number of methoxy groups -OCH3 is 1. The highest BCUT2D eigenvalue weighted by atomic mass is 32.2. The number of primary sulfonamides is 1. The number of nitrogens with one attached hydrogen (secondary N) is 2. The topological polar surface area (TPSA) is 177 Å². The average Bonchev–Trinajstić information content (AvgIpc) is 2.68. The molecule has 0 bridgehead atoms. The van der Waals surface area contributed by atoms with Crippen LogP contribution in [0.1, 0.15) is 0 Å². The Labute approximate surface area is 165 Å². The lowest BCUT2D eigenvalue weighted by Crippen LogP contribution is -2.15. The van der Waals surface area contributed by atoms with Gasteiger partial charge in [-0.25, -0.2) is 13.6 Å². The molecular formula is C17H15N5O6S. The molecule has 2 rings (SSSR count). The molecule has 4 N–H and O–H groups in total. The highest BCUT2D eigenvalue weighted by Gasteiger charge is 2.14. The van der Waals surface area contributed by atoms with Gasteiger partial charge in [-0.1, -0.05) is 0 Å². The summed E-state index contributed by atoms with van der Waals surface area (Å²) in [7, 11) is -2.51. The van der Waals surface area contributed by atoms with Crippen LogP contribution in [-0.2, 0) is 14.8 Å². The molecule has 0 saturated heterocycles. The van der Waals surface area contributed by atoms with E-state index in [4.69, 9.17) is 9.88 Å². The predicted molar refractivity (Wildman–Crippen MR) is 103 cm³/mol. The molecule has 29 heavy (non-hydrogen) atoms. The Balaban J connectivity index is 2.20. The monoisotopic (exact) mass is 417 g/mol. The van der Waals surface area contributed by atoms with E-state index in [1.54, 1.807) is 6.07 Å². The van der Waals surface area contributed by atoms with Gasteiger partial charge in [0.2, 0.25) is 10.0 Å². The van der Waals surface area contributed by atoms with E-state index in [9.17, 15) is 28.6 Å².